The number of benzene rings is 1. The molecular formula is C21H25N5O3. The van der Waals surface area contributed by atoms with Crippen molar-refractivity contribution >= 4 is 16.9 Å². The van der Waals surface area contributed by atoms with E-state index in [9.17, 15) is 9.59 Å². The molecule has 0 saturated carbocycles. The Morgan fingerprint density at radius 2 is 1.83 bits per heavy atom. The van der Waals surface area contributed by atoms with Gasteiger partial charge in [0.15, 0.2) is 11.2 Å². The lowest BCUT2D eigenvalue weighted by molar-refractivity contribution is 0.277. The Morgan fingerprint density at radius 1 is 1.10 bits per heavy atom. The molecule has 3 heterocycles. The first-order valence-corrected chi connectivity index (χ1v) is 9.81. The second-order valence-electron chi connectivity index (χ2n) is 7.28. The maximum atomic E-state index is 13.2. The van der Waals surface area contributed by atoms with Crippen molar-refractivity contribution in [1.82, 2.24) is 23.1 Å². The van der Waals surface area contributed by atoms with E-state index in [1.807, 2.05) is 36.4 Å². The third-order valence-corrected chi connectivity index (χ3v) is 5.67. The number of para-hydroxylation sites is 1. The molecule has 0 unspecified atom stereocenters. The first-order valence-electron chi connectivity index (χ1n) is 9.81. The highest BCUT2D eigenvalue weighted by Gasteiger charge is 2.23. The average Bonchev–Trinajstić information content (AvgIpc) is 3.22. The van der Waals surface area contributed by atoms with Gasteiger partial charge in [0.2, 0.25) is 5.78 Å². The SMILES string of the molecule is CCc1ccccc1-n1c(C)c(C)n2c3c(=O)n(CCCO)c(=O)n(C)c3nc12. The van der Waals surface area contributed by atoms with Crippen LogP contribution in [0.4, 0.5) is 0 Å². The van der Waals surface area contributed by atoms with Gasteiger partial charge in [0.05, 0.1) is 5.69 Å². The van der Waals surface area contributed by atoms with Crippen LogP contribution in [0.2, 0.25) is 0 Å². The van der Waals surface area contributed by atoms with Gasteiger partial charge in [-0.05, 0) is 38.3 Å². The molecule has 1 aromatic carbocycles. The maximum Gasteiger partial charge on any atom is 0.332 e. The number of imidazole rings is 2. The maximum absolute atomic E-state index is 13.2. The molecule has 152 valence electrons. The van der Waals surface area contributed by atoms with Crippen molar-refractivity contribution in [3.8, 4) is 5.69 Å². The van der Waals surface area contributed by atoms with Crippen molar-refractivity contribution in [1.29, 1.82) is 0 Å². The lowest BCUT2D eigenvalue weighted by Crippen LogP contribution is -2.39. The summed E-state index contributed by atoms with van der Waals surface area (Å²) in [5, 5.41) is 9.14. The third kappa shape index (κ3) is 2.66. The van der Waals surface area contributed by atoms with E-state index in [2.05, 4.69) is 17.6 Å². The molecule has 3 aromatic heterocycles. The van der Waals surface area contributed by atoms with Gasteiger partial charge in [0.25, 0.3) is 5.56 Å². The summed E-state index contributed by atoms with van der Waals surface area (Å²) in [6.07, 6.45) is 1.21. The lowest BCUT2D eigenvalue weighted by atomic mass is 10.1. The standard InChI is InChI=1S/C21H25N5O3/c1-5-15-9-6-7-10-16(15)25-13(2)14(3)26-17-18(22-20(25)26)23(4)21(29)24(19(17)28)11-8-12-27/h6-7,9-10,27H,5,8,11-12H2,1-4H3. The Kier molecular flexibility index (Phi) is 4.66. The summed E-state index contributed by atoms with van der Waals surface area (Å²) in [6, 6.07) is 8.13. The van der Waals surface area contributed by atoms with Gasteiger partial charge in [-0.15, -0.1) is 0 Å². The van der Waals surface area contributed by atoms with E-state index in [-0.39, 0.29) is 18.7 Å². The number of nitrogens with zero attached hydrogens (tertiary/aromatic N) is 5. The van der Waals surface area contributed by atoms with Crippen molar-refractivity contribution in [2.45, 2.75) is 40.2 Å². The van der Waals surface area contributed by atoms with E-state index in [4.69, 9.17) is 10.1 Å². The predicted octanol–water partition coefficient (Wildman–Crippen LogP) is 1.70. The normalized spacial score (nSPS) is 11.8. The Bertz CT molecular complexity index is 1350. The molecule has 0 aliphatic heterocycles. The van der Waals surface area contributed by atoms with Crippen molar-refractivity contribution in [3.63, 3.8) is 0 Å². The average molecular weight is 395 g/mol. The zero-order valence-electron chi connectivity index (χ0n) is 17.1. The molecule has 4 rings (SSSR count). The van der Waals surface area contributed by atoms with Crippen molar-refractivity contribution in [2.75, 3.05) is 6.61 Å². The van der Waals surface area contributed by atoms with E-state index in [1.165, 1.54) is 14.7 Å². The molecule has 0 fully saturated rings. The fourth-order valence-electron chi connectivity index (χ4n) is 3.99. The zero-order chi connectivity index (χ0) is 20.9. The smallest absolute Gasteiger partial charge is 0.332 e. The van der Waals surface area contributed by atoms with Crippen molar-refractivity contribution < 1.29 is 5.11 Å². The minimum atomic E-state index is -0.424. The summed E-state index contributed by atoms with van der Waals surface area (Å²) in [6.45, 7) is 6.15. The molecule has 0 spiro atoms. The number of aromatic nitrogens is 5. The number of aliphatic hydroxyl groups is 1. The Balaban J connectivity index is 2.16. The van der Waals surface area contributed by atoms with E-state index in [0.29, 0.717) is 23.4 Å². The molecule has 0 aliphatic rings. The molecule has 0 saturated heterocycles. The van der Waals surface area contributed by atoms with Gasteiger partial charge in [0, 0.05) is 31.6 Å². The highest BCUT2D eigenvalue weighted by atomic mass is 16.3. The topological polar surface area (TPSA) is 86.5 Å². The molecule has 0 aliphatic carbocycles. The van der Waals surface area contributed by atoms with Gasteiger partial charge < -0.3 is 5.11 Å². The minimum Gasteiger partial charge on any atom is -0.396 e. The van der Waals surface area contributed by atoms with E-state index in [0.717, 1.165) is 23.5 Å². The molecular weight excluding hydrogens is 370 g/mol. The quantitative estimate of drug-likeness (QED) is 0.557. The van der Waals surface area contributed by atoms with Crippen LogP contribution in [0.1, 0.15) is 30.3 Å². The number of hydrogen-bond acceptors (Lipinski definition) is 4. The first-order chi connectivity index (χ1) is 13.9. The molecule has 0 bridgehead atoms. The van der Waals surface area contributed by atoms with E-state index >= 15 is 0 Å². The van der Waals surface area contributed by atoms with Gasteiger partial charge in [0.1, 0.15) is 0 Å². The van der Waals surface area contributed by atoms with Crippen LogP contribution in [0.3, 0.4) is 0 Å². The lowest BCUT2D eigenvalue weighted by Gasteiger charge is -2.11. The predicted molar refractivity (Wildman–Crippen MR) is 112 cm³/mol. The fourth-order valence-corrected chi connectivity index (χ4v) is 3.99. The molecule has 8 heteroatoms. The Labute approximate surface area is 167 Å². The zero-order valence-corrected chi connectivity index (χ0v) is 17.1. The van der Waals surface area contributed by atoms with Gasteiger partial charge in [-0.2, -0.15) is 4.98 Å². The summed E-state index contributed by atoms with van der Waals surface area (Å²) in [7, 11) is 1.62. The second-order valence-corrected chi connectivity index (χ2v) is 7.28. The van der Waals surface area contributed by atoms with Crippen LogP contribution in [-0.2, 0) is 20.0 Å². The van der Waals surface area contributed by atoms with Gasteiger partial charge in [-0.3, -0.25) is 22.9 Å². The number of fused-ring (bicyclic) bond motifs is 3. The van der Waals surface area contributed by atoms with Crippen molar-refractivity contribution in [3.05, 3.63) is 62.1 Å². The summed E-state index contributed by atoms with van der Waals surface area (Å²) in [5.74, 6) is 0.614. The summed E-state index contributed by atoms with van der Waals surface area (Å²) in [4.78, 5) is 30.6. The molecule has 1 N–H and O–H groups in total. The molecule has 0 amide bonds. The third-order valence-electron chi connectivity index (χ3n) is 5.67. The molecule has 8 nitrogen and oxygen atoms in total. The van der Waals surface area contributed by atoms with Crippen LogP contribution in [0.15, 0.2) is 33.9 Å². The largest absolute Gasteiger partial charge is 0.396 e. The van der Waals surface area contributed by atoms with Crippen LogP contribution in [0.5, 0.6) is 0 Å². The first kappa shape index (κ1) is 19.2. The number of hydrogen-bond donors (Lipinski definition) is 1. The Morgan fingerprint density at radius 3 is 2.52 bits per heavy atom. The summed E-state index contributed by atoms with van der Waals surface area (Å²) in [5.41, 5.74) is 4.03. The second kappa shape index (κ2) is 7.04. The summed E-state index contributed by atoms with van der Waals surface area (Å²) >= 11 is 0. The highest BCUT2D eigenvalue weighted by Crippen LogP contribution is 2.26. The van der Waals surface area contributed by atoms with E-state index in [1.54, 1.807) is 7.05 Å². The van der Waals surface area contributed by atoms with Crippen molar-refractivity contribution in [2.24, 2.45) is 7.05 Å². The van der Waals surface area contributed by atoms with Gasteiger partial charge in [-0.1, -0.05) is 25.1 Å². The molecule has 29 heavy (non-hydrogen) atoms. The highest BCUT2D eigenvalue weighted by molar-refractivity contribution is 5.77. The fraction of sp³-hybridized carbons (Fsp3) is 0.381. The van der Waals surface area contributed by atoms with Crippen LogP contribution < -0.4 is 11.2 Å². The summed E-state index contributed by atoms with van der Waals surface area (Å²) < 4.78 is 6.48. The number of rotatable bonds is 5. The monoisotopic (exact) mass is 395 g/mol. The van der Waals surface area contributed by atoms with Gasteiger partial charge >= 0.3 is 5.69 Å². The Hall–Kier alpha value is -3.13. The van der Waals surface area contributed by atoms with Crippen LogP contribution in [-0.4, -0.2) is 34.8 Å². The number of aryl methyl sites for hydroxylation is 3. The van der Waals surface area contributed by atoms with E-state index < -0.39 is 5.69 Å². The van der Waals surface area contributed by atoms with Crippen LogP contribution in [0.25, 0.3) is 22.6 Å². The minimum absolute atomic E-state index is 0.0856. The van der Waals surface area contributed by atoms with Gasteiger partial charge in [-0.25, -0.2) is 4.79 Å². The molecule has 0 atom stereocenters. The van der Waals surface area contributed by atoms with Crippen LogP contribution in [0, 0.1) is 13.8 Å². The van der Waals surface area contributed by atoms with Crippen LogP contribution >= 0.6 is 0 Å². The molecule has 0 radical (unpaired) electrons. The molecule has 4 aromatic rings. The number of aliphatic hydroxyl groups excluding tert-OH is 1.